The number of esters is 1. The number of primary amides is 1. The van der Waals surface area contributed by atoms with Crippen molar-refractivity contribution in [3.05, 3.63) is 23.8 Å². The van der Waals surface area contributed by atoms with Crippen LogP contribution in [0.4, 0.5) is 5.69 Å². The van der Waals surface area contributed by atoms with E-state index in [0.717, 1.165) is 0 Å². The molecule has 0 saturated heterocycles. The summed E-state index contributed by atoms with van der Waals surface area (Å²) in [5.41, 5.74) is 11.1. The number of hydrogen-bond acceptors (Lipinski definition) is 5. The fourth-order valence-corrected chi connectivity index (χ4v) is 1.27. The minimum Gasteiger partial charge on any atom is -0.494 e. The van der Waals surface area contributed by atoms with Gasteiger partial charge in [-0.1, -0.05) is 6.07 Å². The first kappa shape index (κ1) is 12.8. The molecule has 0 fully saturated rings. The van der Waals surface area contributed by atoms with Gasteiger partial charge in [-0.3, -0.25) is 4.79 Å². The predicted molar refractivity (Wildman–Crippen MR) is 61.5 cm³/mol. The van der Waals surface area contributed by atoms with Gasteiger partial charge < -0.3 is 20.9 Å². The molecule has 0 heterocycles. The lowest BCUT2D eigenvalue weighted by atomic mass is 10.2. The first-order chi connectivity index (χ1) is 8.06. The summed E-state index contributed by atoms with van der Waals surface area (Å²) in [5.74, 6) is -0.871. The van der Waals surface area contributed by atoms with Gasteiger partial charge in [0.05, 0.1) is 19.2 Å². The number of rotatable bonds is 5. The molecule has 1 aromatic rings. The molecular formula is C11H14N2O4. The average Bonchev–Trinajstić information content (AvgIpc) is 2.28. The van der Waals surface area contributed by atoms with E-state index in [1.54, 1.807) is 12.1 Å². The summed E-state index contributed by atoms with van der Waals surface area (Å²) in [7, 11) is 1.41. The van der Waals surface area contributed by atoms with Crippen molar-refractivity contribution >= 4 is 17.6 Å². The number of nitrogens with two attached hydrogens (primary N) is 2. The van der Waals surface area contributed by atoms with Gasteiger partial charge in [0, 0.05) is 0 Å². The molecule has 17 heavy (non-hydrogen) atoms. The molecule has 0 radical (unpaired) electrons. The van der Waals surface area contributed by atoms with Crippen molar-refractivity contribution in [3.8, 4) is 5.75 Å². The van der Waals surface area contributed by atoms with Gasteiger partial charge in [0.2, 0.25) is 5.91 Å². The Morgan fingerprint density at radius 3 is 2.65 bits per heavy atom. The van der Waals surface area contributed by atoms with E-state index in [1.807, 2.05) is 0 Å². The van der Waals surface area contributed by atoms with E-state index < -0.39 is 11.9 Å². The van der Waals surface area contributed by atoms with E-state index in [4.69, 9.17) is 20.9 Å². The minimum absolute atomic E-state index is 0.0175. The molecule has 6 nitrogen and oxygen atoms in total. The Morgan fingerprint density at radius 1 is 1.35 bits per heavy atom. The number of carbonyl (C=O) groups excluding carboxylic acids is 2. The van der Waals surface area contributed by atoms with Gasteiger partial charge >= 0.3 is 5.97 Å². The molecule has 6 heteroatoms. The number of carbonyl (C=O) groups is 2. The molecule has 0 bridgehead atoms. The van der Waals surface area contributed by atoms with Gasteiger partial charge in [-0.05, 0) is 12.1 Å². The molecular weight excluding hydrogens is 224 g/mol. The van der Waals surface area contributed by atoms with Crippen molar-refractivity contribution in [1.82, 2.24) is 0 Å². The highest BCUT2D eigenvalue weighted by molar-refractivity contribution is 5.94. The summed E-state index contributed by atoms with van der Waals surface area (Å²) in [5, 5.41) is 0. The van der Waals surface area contributed by atoms with Crippen LogP contribution in [0.3, 0.4) is 0 Å². The van der Waals surface area contributed by atoms with Crippen LogP contribution in [0, 0.1) is 0 Å². The van der Waals surface area contributed by atoms with E-state index in [0.29, 0.717) is 5.69 Å². The van der Waals surface area contributed by atoms with E-state index in [1.165, 1.54) is 13.2 Å². The third-order valence-electron chi connectivity index (χ3n) is 2.05. The number of hydrogen-bond donors (Lipinski definition) is 2. The van der Waals surface area contributed by atoms with E-state index in [-0.39, 0.29) is 24.3 Å². The lowest BCUT2D eigenvalue weighted by Crippen LogP contribution is -2.16. The Kier molecular flexibility index (Phi) is 4.33. The van der Waals surface area contributed by atoms with E-state index >= 15 is 0 Å². The van der Waals surface area contributed by atoms with Crippen molar-refractivity contribution in [2.75, 3.05) is 19.5 Å². The third kappa shape index (κ3) is 3.37. The molecule has 4 N–H and O–H groups in total. The number of nitrogen functional groups attached to an aromatic ring is 1. The second kappa shape index (κ2) is 5.74. The van der Waals surface area contributed by atoms with Crippen LogP contribution in [0.15, 0.2) is 18.2 Å². The number of anilines is 1. The highest BCUT2D eigenvalue weighted by atomic mass is 16.5. The topological polar surface area (TPSA) is 105 Å². The largest absolute Gasteiger partial charge is 0.494 e. The van der Waals surface area contributed by atoms with Crippen LogP contribution in [0.25, 0.3) is 0 Å². The van der Waals surface area contributed by atoms with Crippen LogP contribution in [-0.2, 0) is 9.53 Å². The Hall–Kier alpha value is -2.24. The smallest absolute Gasteiger partial charge is 0.342 e. The van der Waals surface area contributed by atoms with Gasteiger partial charge in [0.25, 0.3) is 0 Å². The summed E-state index contributed by atoms with van der Waals surface area (Å²) in [6.45, 7) is -0.0634. The van der Waals surface area contributed by atoms with Crippen molar-refractivity contribution < 1.29 is 19.1 Å². The van der Waals surface area contributed by atoms with Crippen LogP contribution in [0.2, 0.25) is 0 Å². The van der Waals surface area contributed by atoms with Crippen LogP contribution >= 0.6 is 0 Å². The van der Waals surface area contributed by atoms with Crippen molar-refractivity contribution in [3.63, 3.8) is 0 Å². The molecule has 0 saturated carbocycles. The maximum atomic E-state index is 11.6. The van der Waals surface area contributed by atoms with Crippen molar-refractivity contribution in [2.45, 2.75) is 6.42 Å². The fraction of sp³-hybridized carbons (Fsp3) is 0.273. The molecule has 0 spiro atoms. The van der Waals surface area contributed by atoms with Crippen LogP contribution < -0.4 is 16.2 Å². The molecule has 1 amide bonds. The zero-order valence-electron chi connectivity index (χ0n) is 9.43. The second-order valence-corrected chi connectivity index (χ2v) is 3.28. The van der Waals surface area contributed by atoms with Crippen LogP contribution in [-0.4, -0.2) is 25.6 Å². The zero-order valence-corrected chi connectivity index (χ0v) is 9.43. The highest BCUT2D eigenvalue weighted by Crippen LogP contribution is 2.26. The quantitative estimate of drug-likeness (QED) is 0.567. The Labute approximate surface area is 98.5 Å². The normalized spacial score (nSPS) is 9.71. The maximum Gasteiger partial charge on any atom is 0.342 e. The SMILES string of the molecule is COc1c(N)cccc1C(=O)OCCC(N)=O. The summed E-state index contributed by atoms with van der Waals surface area (Å²) in [6, 6.07) is 4.75. The van der Waals surface area contributed by atoms with Gasteiger partial charge in [0.15, 0.2) is 5.75 Å². The highest BCUT2D eigenvalue weighted by Gasteiger charge is 2.15. The molecule has 0 atom stereocenters. The average molecular weight is 238 g/mol. The van der Waals surface area contributed by atoms with Gasteiger partial charge in [-0.2, -0.15) is 0 Å². The van der Waals surface area contributed by atoms with E-state index in [2.05, 4.69) is 0 Å². The zero-order chi connectivity index (χ0) is 12.8. The maximum absolute atomic E-state index is 11.6. The number of methoxy groups -OCH3 is 1. The second-order valence-electron chi connectivity index (χ2n) is 3.28. The van der Waals surface area contributed by atoms with Gasteiger partial charge in [-0.25, -0.2) is 4.79 Å². The predicted octanol–water partition coefficient (Wildman–Crippen LogP) is 0.310. The third-order valence-corrected chi connectivity index (χ3v) is 2.05. The lowest BCUT2D eigenvalue weighted by molar-refractivity contribution is -0.118. The number of ether oxygens (including phenoxy) is 2. The van der Waals surface area contributed by atoms with Gasteiger partial charge in [-0.15, -0.1) is 0 Å². The van der Waals surface area contributed by atoms with E-state index in [9.17, 15) is 9.59 Å². The summed E-state index contributed by atoms with van der Waals surface area (Å²) in [4.78, 5) is 22.1. The number of amides is 1. The Bertz CT molecular complexity index is 431. The molecule has 92 valence electrons. The first-order valence-electron chi connectivity index (χ1n) is 4.94. The monoisotopic (exact) mass is 238 g/mol. The summed E-state index contributed by atoms with van der Waals surface area (Å²) in [6.07, 6.45) is -0.0175. The molecule has 1 rings (SSSR count). The molecule has 0 aliphatic carbocycles. The molecule has 0 aliphatic rings. The standard InChI is InChI=1S/C11H14N2O4/c1-16-10-7(3-2-4-8(10)12)11(15)17-6-5-9(13)14/h2-4H,5-6,12H2,1H3,(H2,13,14). The van der Waals surface area contributed by atoms with Crippen LogP contribution in [0.5, 0.6) is 5.75 Å². The summed E-state index contributed by atoms with van der Waals surface area (Å²) < 4.78 is 9.87. The minimum atomic E-state index is -0.601. The Balaban J connectivity index is 2.75. The van der Waals surface area contributed by atoms with Crippen molar-refractivity contribution in [2.24, 2.45) is 5.73 Å². The molecule has 0 unspecified atom stereocenters. The number of benzene rings is 1. The molecule has 1 aromatic carbocycles. The Morgan fingerprint density at radius 2 is 2.06 bits per heavy atom. The lowest BCUT2D eigenvalue weighted by Gasteiger charge is -2.10. The molecule has 0 aliphatic heterocycles. The fourth-order valence-electron chi connectivity index (χ4n) is 1.27. The number of para-hydroxylation sites is 1. The van der Waals surface area contributed by atoms with Crippen molar-refractivity contribution in [1.29, 1.82) is 0 Å². The van der Waals surface area contributed by atoms with Gasteiger partial charge in [0.1, 0.15) is 12.2 Å². The first-order valence-corrected chi connectivity index (χ1v) is 4.94. The molecule has 0 aromatic heterocycles. The van der Waals surface area contributed by atoms with Crippen LogP contribution in [0.1, 0.15) is 16.8 Å². The summed E-state index contributed by atoms with van der Waals surface area (Å²) >= 11 is 0.